The lowest BCUT2D eigenvalue weighted by Gasteiger charge is -2.06. The van der Waals surface area contributed by atoms with E-state index in [-0.39, 0.29) is 0 Å². The second kappa shape index (κ2) is 6.23. The molecule has 0 spiro atoms. The highest BCUT2D eigenvalue weighted by Crippen LogP contribution is 2.14. The Balaban J connectivity index is 2.13. The minimum absolute atomic E-state index is 0.703. The monoisotopic (exact) mass is 258 g/mol. The van der Waals surface area contributed by atoms with Crippen LogP contribution in [0.4, 0.5) is 0 Å². The molecule has 0 N–H and O–H groups in total. The number of aryl methyl sites for hydroxylation is 2. The molecule has 0 amide bonds. The third-order valence-electron chi connectivity index (χ3n) is 2.57. The van der Waals surface area contributed by atoms with Crippen LogP contribution < -0.4 is 0 Å². The first kappa shape index (κ1) is 11.8. The zero-order valence-electron chi connectivity index (χ0n) is 9.04. The van der Waals surface area contributed by atoms with Crippen molar-refractivity contribution < 1.29 is 0 Å². The number of aromatic nitrogens is 2. The lowest BCUT2D eigenvalue weighted by Crippen LogP contribution is -1.99. The van der Waals surface area contributed by atoms with Crippen LogP contribution in [0.15, 0.2) is 12.3 Å². The van der Waals surface area contributed by atoms with E-state index in [1.54, 1.807) is 0 Å². The Morgan fingerprint density at radius 2 is 2.29 bits per heavy atom. The van der Waals surface area contributed by atoms with Gasteiger partial charge in [0.15, 0.2) is 0 Å². The standard InChI is InChI=1S/C11H19BrN2/c1-3-10(12)6-4-5-7-11-8-9-13-14(11)2/h8-10H,3-7H2,1-2H3. The molecule has 1 aromatic rings. The molecule has 3 heteroatoms. The molecular weight excluding hydrogens is 240 g/mol. The van der Waals surface area contributed by atoms with E-state index in [0.717, 1.165) is 6.42 Å². The summed E-state index contributed by atoms with van der Waals surface area (Å²) in [6.45, 7) is 2.22. The number of hydrogen-bond acceptors (Lipinski definition) is 1. The third-order valence-corrected chi connectivity index (χ3v) is 3.67. The van der Waals surface area contributed by atoms with Gasteiger partial charge in [-0.05, 0) is 31.7 Å². The molecule has 0 fully saturated rings. The van der Waals surface area contributed by atoms with Gasteiger partial charge < -0.3 is 0 Å². The summed E-state index contributed by atoms with van der Waals surface area (Å²) >= 11 is 3.65. The van der Waals surface area contributed by atoms with Crippen molar-refractivity contribution in [1.82, 2.24) is 9.78 Å². The smallest absolute Gasteiger partial charge is 0.0492 e. The van der Waals surface area contributed by atoms with Crippen molar-refractivity contribution in [1.29, 1.82) is 0 Å². The van der Waals surface area contributed by atoms with Gasteiger partial charge in [0.05, 0.1) is 0 Å². The van der Waals surface area contributed by atoms with Crippen molar-refractivity contribution >= 4 is 15.9 Å². The molecule has 0 saturated carbocycles. The normalized spacial score (nSPS) is 13.1. The molecule has 0 saturated heterocycles. The van der Waals surface area contributed by atoms with Crippen LogP contribution in [-0.2, 0) is 13.5 Å². The second-order valence-electron chi connectivity index (χ2n) is 3.70. The molecule has 0 bridgehead atoms. The summed E-state index contributed by atoms with van der Waals surface area (Å²) in [5.74, 6) is 0. The fourth-order valence-electron chi connectivity index (χ4n) is 1.52. The van der Waals surface area contributed by atoms with Gasteiger partial charge in [0.2, 0.25) is 0 Å². The molecule has 0 aromatic carbocycles. The highest BCUT2D eigenvalue weighted by Gasteiger charge is 2.01. The first-order chi connectivity index (χ1) is 6.74. The van der Waals surface area contributed by atoms with Crippen LogP contribution in [0.2, 0.25) is 0 Å². The van der Waals surface area contributed by atoms with Crippen LogP contribution in [0, 0.1) is 0 Å². The molecule has 0 aliphatic rings. The van der Waals surface area contributed by atoms with Gasteiger partial charge in [-0.2, -0.15) is 5.10 Å². The largest absolute Gasteiger partial charge is 0.273 e. The van der Waals surface area contributed by atoms with Crippen LogP contribution in [-0.4, -0.2) is 14.6 Å². The Labute approximate surface area is 94.8 Å². The maximum Gasteiger partial charge on any atom is 0.0492 e. The zero-order chi connectivity index (χ0) is 10.4. The lowest BCUT2D eigenvalue weighted by molar-refractivity contribution is 0.621. The number of rotatable bonds is 6. The summed E-state index contributed by atoms with van der Waals surface area (Å²) in [5, 5.41) is 4.15. The zero-order valence-corrected chi connectivity index (χ0v) is 10.6. The van der Waals surface area contributed by atoms with Crippen LogP contribution >= 0.6 is 15.9 Å². The summed E-state index contributed by atoms with van der Waals surface area (Å²) in [6.07, 6.45) is 8.10. The molecule has 0 aliphatic carbocycles. The first-order valence-electron chi connectivity index (χ1n) is 5.35. The van der Waals surface area contributed by atoms with E-state index in [0.29, 0.717) is 4.83 Å². The van der Waals surface area contributed by atoms with Gasteiger partial charge in [-0.25, -0.2) is 0 Å². The highest BCUT2D eigenvalue weighted by atomic mass is 79.9. The van der Waals surface area contributed by atoms with Crippen molar-refractivity contribution in [3.05, 3.63) is 18.0 Å². The third kappa shape index (κ3) is 3.82. The van der Waals surface area contributed by atoms with Gasteiger partial charge in [-0.3, -0.25) is 4.68 Å². The average Bonchev–Trinajstić information content (AvgIpc) is 2.58. The maximum atomic E-state index is 4.15. The van der Waals surface area contributed by atoms with Gasteiger partial charge in [-0.1, -0.05) is 29.3 Å². The number of unbranched alkanes of at least 4 members (excludes halogenated alkanes) is 1. The molecule has 1 unspecified atom stereocenters. The SMILES string of the molecule is CCC(Br)CCCCc1ccnn1C. The lowest BCUT2D eigenvalue weighted by atomic mass is 10.1. The molecule has 1 heterocycles. The van der Waals surface area contributed by atoms with Crippen LogP contribution in [0.25, 0.3) is 0 Å². The first-order valence-corrected chi connectivity index (χ1v) is 6.26. The van der Waals surface area contributed by atoms with Crippen molar-refractivity contribution in [2.24, 2.45) is 7.05 Å². The summed E-state index contributed by atoms with van der Waals surface area (Å²) in [4.78, 5) is 0.703. The van der Waals surface area contributed by atoms with E-state index in [9.17, 15) is 0 Å². The van der Waals surface area contributed by atoms with Gasteiger partial charge in [0, 0.05) is 23.8 Å². The maximum absolute atomic E-state index is 4.15. The molecule has 14 heavy (non-hydrogen) atoms. The van der Waals surface area contributed by atoms with Crippen molar-refractivity contribution in [2.75, 3.05) is 0 Å². The minimum Gasteiger partial charge on any atom is -0.273 e. The Morgan fingerprint density at radius 3 is 2.86 bits per heavy atom. The second-order valence-corrected chi connectivity index (χ2v) is 4.99. The number of alkyl halides is 1. The van der Waals surface area contributed by atoms with E-state index in [1.165, 1.54) is 31.4 Å². The predicted octanol–water partition coefficient (Wildman–Crippen LogP) is 3.31. The van der Waals surface area contributed by atoms with Gasteiger partial charge in [-0.15, -0.1) is 0 Å². The number of hydrogen-bond donors (Lipinski definition) is 0. The molecule has 1 rings (SSSR count). The van der Waals surface area contributed by atoms with Crippen LogP contribution in [0.1, 0.15) is 38.3 Å². The van der Waals surface area contributed by atoms with Gasteiger partial charge in [0.25, 0.3) is 0 Å². The van der Waals surface area contributed by atoms with E-state index in [1.807, 2.05) is 17.9 Å². The van der Waals surface area contributed by atoms with E-state index in [2.05, 4.69) is 34.0 Å². The molecule has 2 nitrogen and oxygen atoms in total. The Bertz CT molecular complexity index is 258. The molecule has 1 aromatic heterocycles. The van der Waals surface area contributed by atoms with Crippen molar-refractivity contribution in [3.63, 3.8) is 0 Å². The van der Waals surface area contributed by atoms with E-state index < -0.39 is 0 Å². The van der Waals surface area contributed by atoms with Crippen LogP contribution in [0.5, 0.6) is 0 Å². The van der Waals surface area contributed by atoms with Gasteiger partial charge >= 0.3 is 0 Å². The summed E-state index contributed by atoms with van der Waals surface area (Å²) in [6, 6.07) is 2.10. The number of nitrogens with zero attached hydrogens (tertiary/aromatic N) is 2. The fourth-order valence-corrected chi connectivity index (χ4v) is 1.85. The quantitative estimate of drug-likeness (QED) is 0.566. The number of halogens is 1. The van der Waals surface area contributed by atoms with Crippen LogP contribution in [0.3, 0.4) is 0 Å². The van der Waals surface area contributed by atoms with E-state index in [4.69, 9.17) is 0 Å². The fraction of sp³-hybridized carbons (Fsp3) is 0.727. The summed E-state index contributed by atoms with van der Waals surface area (Å²) < 4.78 is 1.96. The predicted molar refractivity (Wildman–Crippen MR) is 63.8 cm³/mol. The van der Waals surface area contributed by atoms with E-state index >= 15 is 0 Å². The molecule has 0 aliphatic heterocycles. The summed E-state index contributed by atoms with van der Waals surface area (Å²) in [5.41, 5.74) is 1.34. The van der Waals surface area contributed by atoms with Crippen molar-refractivity contribution in [3.8, 4) is 0 Å². The Hall–Kier alpha value is -0.310. The molecule has 1 atom stereocenters. The molecule has 0 radical (unpaired) electrons. The molecular formula is C11H19BrN2. The Morgan fingerprint density at radius 1 is 1.50 bits per heavy atom. The molecule has 80 valence electrons. The highest BCUT2D eigenvalue weighted by molar-refractivity contribution is 9.09. The average molecular weight is 259 g/mol. The van der Waals surface area contributed by atoms with Crippen molar-refractivity contribution in [2.45, 2.75) is 43.9 Å². The Kier molecular flexibility index (Phi) is 5.23. The topological polar surface area (TPSA) is 17.8 Å². The minimum atomic E-state index is 0.703. The van der Waals surface area contributed by atoms with Gasteiger partial charge in [0.1, 0.15) is 0 Å². The summed E-state index contributed by atoms with van der Waals surface area (Å²) in [7, 11) is 2.01.